The van der Waals surface area contributed by atoms with Gasteiger partial charge in [0, 0.05) is 0 Å². The van der Waals surface area contributed by atoms with Crippen LogP contribution >= 0.6 is 0 Å². The van der Waals surface area contributed by atoms with Crippen LogP contribution in [-0.2, 0) is 15.7 Å². The van der Waals surface area contributed by atoms with Crippen molar-refractivity contribution >= 4 is 12.1 Å². The molecule has 0 aliphatic carbocycles. The summed E-state index contributed by atoms with van der Waals surface area (Å²) in [6.45, 7) is 4.67. The number of ether oxygens (including phenoxy) is 1. The fourth-order valence-electron chi connectivity index (χ4n) is 1.83. The number of carbonyl (C=O) groups excluding carboxylic acids is 1. The molecule has 0 saturated heterocycles. The highest BCUT2D eigenvalue weighted by atomic mass is 19.4. The van der Waals surface area contributed by atoms with Gasteiger partial charge in [0.25, 0.3) is 0 Å². The topological polar surface area (TPSA) is 95.9 Å². The Bertz CT molecular complexity index is 610. The molecule has 0 heterocycles. The molecule has 6 nitrogen and oxygen atoms in total. The van der Waals surface area contributed by atoms with E-state index in [-0.39, 0.29) is 5.56 Å². The van der Waals surface area contributed by atoms with E-state index >= 15 is 0 Å². The van der Waals surface area contributed by atoms with Crippen LogP contribution in [0, 0.1) is 0 Å². The Labute approximate surface area is 136 Å². The first kappa shape index (κ1) is 19.8. The lowest BCUT2D eigenvalue weighted by molar-refractivity contribution is -0.148. The van der Waals surface area contributed by atoms with Crippen LogP contribution in [0.4, 0.5) is 18.0 Å². The molecular formula is C15H18F3NO5. The number of aliphatic hydroxyl groups is 1. The number of benzene rings is 1. The maximum absolute atomic E-state index is 12.8. The minimum Gasteiger partial charge on any atom is -0.479 e. The van der Waals surface area contributed by atoms with Crippen molar-refractivity contribution in [1.82, 2.24) is 5.32 Å². The zero-order valence-electron chi connectivity index (χ0n) is 13.2. The van der Waals surface area contributed by atoms with Crippen LogP contribution in [0.5, 0.6) is 0 Å². The van der Waals surface area contributed by atoms with E-state index < -0.39 is 41.5 Å². The molecule has 2 atom stereocenters. The number of hydrogen-bond acceptors (Lipinski definition) is 4. The first-order valence-electron chi connectivity index (χ1n) is 6.89. The van der Waals surface area contributed by atoms with Gasteiger partial charge in [-0.15, -0.1) is 0 Å². The van der Waals surface area contributed by atoms with E-state index in [4.69, 9.17) is 9.84 Å². The van der Waals surface area contributed by atoms with Gasteiger partial charge in [-0.3, -0.25) is 0 Å². The highest BCUT2D eigenvalue weighted by molar-refractivity contribution is 5.76. The third kappa shape index (κ3) is 5.73. The van der Waals surface area contributed by atoms with Crippen LogP contribution in [-0.4, -0.2) is 34.0 Å². The number of alkyl halides is 3. The van der Waals surface area contributed by atoms with Crippen LogP contribution in [0.25, 0.3) is 0 Å². The summed E-state index contributed by atoms with van der Waals surface area (Å²) in [5, 5.41) is 20.7. The molecule has 9 heteroatoms. The van der Waals surface area contributed by atoms with E-state index in [1.54, 1.807) is 20.8 Å². The molecule has 1 aromatic carbocycles. The summed E-state index contributed by atoms with van der Waals surface area (Å²) >= 11 is 0. The number of halogens is 3. The predicted octanol–water partition coefficient (Wildman–Crippen LogP) is 2.72. The Morgan fingerprint density at radius 3 is 2.25 bits per heavy atom. The van der Waals surface area contributed by atoms with E-state index in [0.717, 1.165) is 12.1 Å². The van der Waals surface area contributed by atoms with E-state index in [2.05, 4.69) is 5.32 Å². The molecule has 0 spiro atoms. The Balaban J connectivity index is 3.16. The molecule has 0 aromatic heterocycles. The summed E-state index contributed by atoms with van der Waals surface area (Å²) in [6.07, 6.45) is -7.87. The molecule has 0 aliphatic heterocycles. The van der Waals surface area contributed by atoms with Crippen molar-refractivity contribution in [3.8, 4) is 0 Å². The Morgan fingerprint density at radius 2 is 1.79 bits per heavy atom. The Morgan fingerprint density at radius 1 is 1.21 bits per heavy atom. The maximum Gasteiger partial charge on any atom is 0.416 e. The van der Waals surface area contributed by atoms with E-state index in [1.807, 2.05) is 0 Å². The summed E-state index contributed by atoms with van der Waals surface area (Å²) in [4.78, 5) is 22.8. The molecule has 0 aliphatic rings. The van der Waals surface area contributed by atoms with Gasteiger partial charge in [0.15, 0.2) is 6.10 Å². The predicted molar refractivity (Wildman–Crippen MR) is 77.2 cm³/mol. The van der Waals surface area contributed by atoms with Crippen molar-refractivity contribution in [3.05, 3.63) is 35.4 Å². The monoisotopic (exact) mass is 349 g/mol. The third-order valence-electron chi connectivity index (χ3n) is 2.81. The van der Waals surface area contributed by atoms with Gasteiger partial charge < -0.3 is 20.3 Å². The van der Waals surface area contributed by atoms with Gasteiger partial charge in [-0.1, -0.05) is 12.1 Å². The largest absolute Gasteiger partial charge is 0.479 e. The molecule has 3 N–H and O–H groups in total. The molecule has 134 valence electrons. The molecule has 0 fully saturated rings. The SMILES string of the molecule is CC(C)(C)OC(=O)N[C@@H](c1cccc(C(F)(F)F)c1)[C@H](O)C(=O)O. The van der Waals surface area contributed by atoms with Crippen LogP contribution in [0.2, 0.25) is 0 Å². The number of carbonyl (C=O) groups is 2. The maximum atomic E-state index is 12.8. The van der Waals surface area contributed by atoms with Crippen LogP contribution in [0.15, 0.2) is 24.3 Å². The van der Waals surface area contributed by atoms with Crippen molar-refractivity contribution in [2.75, 3.05) is 0 Å². The lowest BCUT2D eigenvalue weighted by Gasteiger charge is -2.25. The number of amides is 1. The molecule has 0 radical (unpaired) electrons. The Kier molecular flexibility index (Phi) is 5.83. The number of nitrogens with one attached hydrogen (secondary N) is 1. The molecule has 0 bridgehead atoms. The summed E-state index contributed by atoms with van der Waals surface area (Å²) in [7, 11) is 0. The van der Waals surface area contributed by atoms with E-state index in [1.165, 1.54) is 6.07 Å². The second-order valence-corrected chi connectivity index (χ2v) is 6.03. The molecule has 1 aromatic rings. The van der Waals surface area contributed by atoms with Gasteiger partial charge in [0.05, 0.1) is 11.6 Å². The number of aliphatic carboxylic acids is 1. The normalized spacial score (nSPS) is 14.6. The number of carboxylic acids is 1. The number of aliphatic hydroxyl groups excluding tert-OH is 1. The van der Waals surface area contributed by atoms with Gasteiger partial charge in [-0.05, 0) is 38.5 Å². The molecular weight excluding hydrogens is 331 g/mol. The summed E-state index contributed by atoms with van der Waals surface area (Å²) in [5.74, 6) is -1.70. The molecule has 0 saturated carbocycles. The second-order valence-electron chi connectivity index (χ2n) is 6.03. The first-order chi connectivity index (χ1) is 10.8. The Hall–Kier alpha value is -2.29. The highest BCUT2D eigenvalue weighted by Gasteiger charge is 2.34. The molecule has 1 amide bonds. The fraction of sp³-hybridized carbons (Fsp3) is 0.467. The number of carboxylic acid groups (broad SMARTS) is 1. The molecule has 1 rings (SSSR count). The van der Waals surface area contributed by atoms with Gasteiger partial charge in [0.1, 0.15) is 5.60 Å². The van der Waals surface area contributed by atoms with Gasteiger partial charge in [-0.25, -0.2) is 9.59 Å². The average molecular weight is 349 g/mol. The average Bonchev–Trinajstić information content (AvgIpc) is 2.41. The van der Waals surface area contributed by atoms with Crippen molar-refractivity contribution in [2.24, 2.45) is 0 Å². The van der Waals surface area contributed by atoms with E-state index in [0.29, 0.717) is 6.07 Å². The van der Waals surface area contributed by atoms with Crippen molar-refractivity contribution < 1.29 is 37.7 Å². The van der Waals surface area contributed by atoms with Gasteiger partial charge >= 0.3 is 18.2 Å². The fourth-order valence-corrected chi connectivity index (χ4v) is 1.83. The van der Waals surface area contributed by atoms with Crippen LogP contribution in [0.1, 0.15) is 37.9 Å². The van der Waals surface area contributed by atoms with Gasteiger partial charge in [-0.2, -0.15) is 13.2 Å². The van der Waals surface area contributed by atoms with Crippen LogP contribution < -0.4 is 5.32 Å². The summed E-state index contributed by atoms with van der Waals surface area (Å²) in [5.41, 5.74) is -2.16. The van der Waals surface area contributed by atoms with Crippen molar-refractivity contribution in [2.45, 2.75) is 44.7 Å². The zero-order valence-corrected chi connectivity index (χ0v) is 13.2. The second kappa shape index (κ2) is 7.08. The third-order valence-corrected chi connectivity index (χ3v) is 2.81. The number of alkyl carbamates (subject to hydrolysis) is 1. The lowest BCUT2D eigenvalue weighted by atomic mass is 9.99. The molecule has 24 heavy (non-hydrogen) atoms. The standard InChI is InChI=1S/C15H18F3NO5/c1-14(2,3)24-13(23)19-10(11(20)12(21)22)8-5-4-6-9(7-8)15(16,17)18/h4-7,10-11,20H,1-3H3,(H,19,23)(H,21,22)/t10-,11-/m0/s1. The van der Waals surface area contributed by atoms with Crippen molar-refractivity contribution in [3.63, 3.8) is 0 Å². The summed E-state index contributed by atoms with van der Waals surface area (Å²) < 4.78 is 43.3. The number of hydrogen-bond donors (Lipinski definition) is 3. The highest BCUT2D eigenvalue weighted by Crippen LogP contribution is 2.31. The summed E-state index contributed by atoms with van der Waals surface area (Å²) in [6, 6.07) is 2.06. The van der Waals surface area contributed by atoms with Crippen LogP contribution in [0.3, 0.4) is 0 Å². The lowest BCUT2D eigenvalue weighted by Crippen LogP contribution is -2.42. The first-order valence-corrected chi connectivity index (χ1v) is 6.89. The zero-order chi connectivity index (χ0) is 18.7. The molecule has 0 unspecified atom stereocenters. The minimum absolute atomic E-state index is 0.217. The van der Waals surface area contributed by atoms with Gasteiger partial charge in [0.2, 0.25) is 0 Å². The quantitative estimate of drug-likeness (QED) is 0.777. The smallest absolute Gasteiger partial charge is 0.416 e. The van der Waals surface area contributed by atoms with E-state index in [9.17, 15) is 27.9 Å². The minimum atomic E-state index is -4.65. The number of rotatable bonds is 4. The van der Waals surface area contributed by atoms with Crippen molar-refractivity contribution in [1.29, 1.82) is 0 Å².